The van der Waals surface area contributed by atoms with Gasteiger partial charge in [-0.15, -0.1) is 5.10 Å². The van der Waals surface area contributed by atoms with Crippen molar-refractivity contribution >= 4 is 5.78 Å². The van der Waals surface area contributed by atoms with Gasteiger partial charge in [-0.3, -0.25) is 9.78 Å². The van der Waals surface area contributed by atoms with E-state index in [1.165, 1.54) is 24.3 Å². The summed E-state index contributed by atoms with van der Waals surface area (Å²) in [6.45, 7) is 1.86. The van der Waals surface area contributed by atoms with Crippen LogP contribution in [0.3, 0.4) is 0 Å². The summed E-state index contributed by atoms with van der Waals surface area (Å²) in [5, 5.41) is 14.3. The lowest BCUT2D eigenvalue weighted by Gasteiger charge is -2.04. The zero-order valence-electron chi connectivity index (χ0n) is 10.6. The van der Waals surface area contributed by atoms with Crippen molar-refractivity contribution in [3.8, 4) is 17.0 Å². The van der Waals surface area contributed by atoms with Crippen LogP contribution in [-0.2, 0) is 6.42 Å². The lowest BCUT2D eigenvalue weighted by Crippen LogP contribution is -2.13. The first-order chi connectivity index (χ1) is 9.60. The summed E-state index contributed by atoms with van der Waals surface area (Å²) in [5.74, 6) is -0.201. The Morgan fingerprint density at radius 1 is 1.45 bits per heavy atom. The molecule has 2 aromatic heterocycles. The maximum absolute atomic E-state index is 13.3. The largest absolute Gasteiger partial charge is 0.493 e. The van der Waals surface area contributed by atoms with E-state index in [9.17, 15) is 14.3 Å². The Balaban J connectivity index is 2.33. The van der Waals surface area contributed by atoms with Gasteiger partial charge in [-0.2, -0.15) is 9.50 Å². The zero-order chi connectivity index (χ0) is 14.3. The SMILES string of the molecule is CCc1nc2[nH]c(=O)c(-c3cccc(F)c3)c(O)n2n1. The Hall–Kier alpha value is -2.70. The van der Waals surface area contributed by atoms with Gasteiger partial charge < -0.3 is 5.11 Å². The summed E-state index contributed by atoms with van der Waals surface area (Å²) in [4.78, 5) is 18.6. The van der Waals surface area contributed by atoms with Crippen LogP contribution in [0.5, 0.6) is 5.88 Å². The van der Waals surface area contributed by atoms with Gasteiger partial charge in [0.1, 0.15) is 11.4 Å². The quantitative estimate of drug-likeness (QED) is 0.741. The number of aromatic nitrogens is 4. The topological polar surface area (TPSA) is 83.3 Å². The normalized spacial score (nSPS) is 11.1. The van der Waals surface area contributed by atoms with Crippen LogP contribution in [0.4, 0.5) is 4.39 Å². The number of nitrogens with zero attached hydrogens (tertiary/aromatic N) is 3. The maximum Gasteiger partial charge on any atom is 0.264 e. The predicted octanol–water partition coefficient (Wildman–Crippen LogP) is 1.49. The average Bonchev–Trinajstić information content (AvgIpc) is 2.82. The van der Waals surface area contributed by atoms with Gasteiger partial charge >= 0.3 is 0 Å². The van der Waals surface area contributed by atoms with Crippen LogP contribution in [0.1, 0.15) is 12.7 Å². The molecule has 0 amide bonds. The first-order valence-corrected chi connectivity index (χ1v) is 6.07. The van der Waals surface area contributed by atoms with E-state index in [-0.39, 0.29) is 22.8 Å². The van der Waals surface area contributed by atoms with E-state index >= 15 is 0 Å². The highest BCUT2D eigenvalue weighted by Crippen LogP contribution is 2.25. The fourth-order valence-corrected chi connectivity index (χ4v) is 2.01. The molecule has 0 radical (unpaired) electrons. The summed E-state index contributed by atoms with van der Waals surface area (Å²) in [7, 11) is 0. The number of aryl methyl sites for hydroxylation is 1. The Labute approximate surface area is 112 Å². The monoisotopic (exact) mass is 274 g/mol. The molecule has 0 spiro atoms. The first kappa shape index (κ1) is 12.3. The molecule has 6 nitrogen and oxygen atoms in total. The van der Waals surface area contributed by atoms with Crippen molar-refractivity contribution in [3.05, 3.63) is 46.3 Å². The van der Waals surface area contributed by atoms with E-state index in [0.717, 1.165) is 4.52 Å². The average molecular weight is 274 g/mol. The number of halogens is 1. The van der Waals surface area contributed by atoms with Gasteiger partial charge in [0.25, 0.3) is 5.56 Å². The lowest BCUT2D eigenvalue weighted by atomic mass is 10.1. The third-order valence-electron chi connectivity index (χ3n) is 2.96. The highest BCUT2D eigenvalue weighted by molar-refractivity contribution is 5.68. The molecular weight excluding hydrogens is 263 g/mol. The molecule has 102 valence electrons. The zero-order valence-corrected chi connectivity index (χ0v) is 10.6. The molecule has 0 saturated carbocycles. The second kappa shape index (κ2) is 4.44. The number of aromatic amines is 1. The van der Waals surface area contributed by atoms with Crippen LogP contribution in [0, 0.1) is 5.82 Å². The predicted molar refractivity (Wildman–Crippen MR) is 70.0 cm³/mol. The molecule has 7 heteroatoms. The van der Waals surface area contributed by atoms with Crippen molar-refractivity contribution < 1.29 is 9.50 Å². The van der Waals surface area contributed by atoms with Gasteiger partial charge in [0.2, 0.25) is 11.7 Å². The van der Waals surface area contributed by atoms with Gasteiger partial charge in [0.15, 0.2) is 5.82 Å². The van der Waals surface area contributed by atoms with Crippen molar-refractivity contribution in [3.63, 3.8) is 0 Å². The standard InChI is InChI=1S/C13H11FN4O2/c1-2-9-15-13-16-11(19)10(12(20)18(13)17-9)7-4-3-5-8(14)6-7/h3-6,20H,2H2,1H3,(H,15,16,17,19). The molecule has 1 aromatic carbocycles. The minimum atomic E-state index is -0.546. The number of fused-ring (bicyclic) bond motifs is 1. The van der Waals surface area contributed by atoms with Gasteiger partial charge in [-0.05, 0) is 17.7 Å². The second-order valence-corrected chi connectivity index (χ2v) is 4.28. The fraction of sp³-hybridized carbons (Fsp3) is 0.154. The van der Waals surface area contributed by atoms with Crippen LogP contribution < -0.4 is 5.56 Å². The van der Waals surface area contributed by atoms with E-state index in [1.54, 1.807) is 0 Å². The van der Waals surface area contributed by atoms with Crippen LogP contribution in [-0.4, -0.2) is 24.7 Å². The van der Waals surface area contributed by atoms with E-state index in [0.29, 0.717) is 12.2 Å². The lowest BCUT2D eigenvalue weighted by molar-refractivity contribution is 0.436. The molecule has 0 aliphatic carbocycles. The van der Waals surface area contributed by atoms with Crippen molar-refractivity contribution in [2.75, 3.05) is 0 Å². The van der Waals surface area contributed by atoms with Crippen LogP contribution in [0.15, 0.2) is 29.1 Å². The summed E-state index contributed by atoms with van der Waals surface area (Å²) < 4.78 is 14.4. The number of rotatable bonds is 2. The fourth-order valence-electron chi connectivity index (χ4n) is 2.01. The number of hydrogen-bond donors (Lipinski definition) is 2. The molecule has 0 bridgehead atoms. The van der Waals surface area contributed by atoms with Gasteiger partial charge in [0.05, 0.1) is 0 Å². The van der Waals surface area contributed by atoms with E-state index in [4.69, 9.17) is 0 Å². The molecule has 20 heavy (non-hydrogen) atoms. The molecule has 0 aliphatic rings. The number of aromatic hydroxyl groups is 1. The molecule has 3 rings (SSSR count). The molecular formula is C13H11FN4O2. The minimum absolute atomic E-state index is 0.0375. The molecule has 0 unspecified atom stereocenters. The van der Waals surface area contributed by atoms with E-state index in [1.807, 2.05) is 6.92 Å². The molecule has 0 aliphatic heterocycles. The maximum atomic E-state index is 13.3. The van der Waals surface area contributed by atoms with Crippen molar-refractivity contribution in [1.29, 1.82) is 0 Å². The minimum Gasteiger partial charge on any atom is -0.493 e. The van der Waals surface area contributed by atoms with Crippen molar-refractivity contribution in [2.24, 2.45) is 0 Å². The molecule has 2 N–H and O–H groups in total. The van der Waals surface area contributed by atoms with E-state index < -0.39 is 11.4 Å². The summed E-state index contributed by atoms with van der Waals surface area (Å²) in [6, 6.07) is 5.44. The highest BCUT2D eigenvalue weighted by atomic mass is 19.1. The molecule has 0 atom stereocenters. The number of hydrogen-bond acceptors (Lipinski definition) is 4. The molecule has 3 aromatic rings. The molecule has 0 fully saturated rings. The van der Waals surface area contributed by atoms with Gasteiger partial charge in [0, 0.05) is 6.42 Å². The third-order valence-corrected chi connectivity index (χ3v) is 2.96. The Bertz CT molecular complexity index is 853. The summed E-state index contributed by atoms with van der Waals surface area (Å²) >= 11 is 0. The Morgan fingerprint density at radius 3 is 2.95 bits per heavy atom. The Morgan fingerprint density at radius 2 is 2.25 bits per heavy atom. The number of nitrogens with one attached hydrogen (secondary N) is 1. The van der Waals surface area contributed by atoms with Gasteiger partial charge in [-0.1, -0.05) is 19.1 Å². The van der Waals surface area contributed by atoms with Crippen molar-refractivity contribution in [1.82, 2.24) is 19.6 Å². The van der Waals surface area contributed by atoms with Crippen LogP contribution in [0.2, 0.25) is 0 Å². The van der Waals surface area contributed by atoms with Crippen LogP contribution >= 0.6 is 0 Å². The number of benzene rings is 1. The summed E-state index contributed by atoms with van der Waals surface area (Å²) in [6.07, 6.45) is 0.568. The van der Waals surface area contributed by atoms with E-state index in [2.05, 4.69) is 15.1 Å². The van der Waals surface area contributed by atoms with Crippen LogP contribution in [0.25, 0.3) is 16.9 Å². The molecule has 0 saturated heterocycles. The molecule has 2 heterocycles. The van der Waals surface area contributed by atoms with Crippen molar-refractivity contribution in [2.45, 2.75) is 13.3 Å². The van der Waals surface area contributed by atoms with Gasteiger partial charge in [-0.25, -0.2) is 4.39 Å². The smallest absolute Gasteiger partial charge is 0.264 e. The second-order valence-electron chi connectivity index (χ2n) is 4.28. The Kier molecular flexibility index (Phi) is 2.74. The highest BCUT2D eigenvalue weighted by Gasteiger charge is 2.16. The summed E-state index contributed by atoms with van der Waals surface area (Å²) in [5.41, 5.74) is -0.306. The third kappa shape index (κ3) is 1.83. The number of H-pyrrole nitrogens is 1. The first-order valence-electron chi connectivity index (χ1n) is 6.07.